The van der Waals surface area contributed by atoms with Crippen LogP contribution in [0.4, 0.5) is 0 Å². The minimum atomic E-state index is -0.350. The van der Waals surface area contributed by atoms with Gasteiger partial charge in [-0.3, -0.25) is 14.8 Å². The zero-order chi connectivity index (χ0) is 13.9. The van der Waals surface area contributed by atoms with Gasteiger partial charge in [-0.15, -0.1) is 0 Å². The molecule has 0 saturated heterocycles. The monoisotopic (exact) mass is 264 g/mol. The van der Waals surface area contributed by atoms with E-state index < -0.39 is 0 Å². The second kappa shape index (κ2) is 9.10. The molecule has 0 fully saturated rings. The third-order valence-corrected chi connectivity index (χ3v) is 2.78. The lowest BCUT2D eigenvalue weighted by Gasteiger charge is -2.05. The molecule has 0 aliphatic rings. The zero-order valence-corrected chi connectivity index (χ0v) is 10.9. The van der Waals surface area contributed by atoms with Crippen LogP contribution in [-0.2, 0) is 4.79 Å². The van der Waals surface area contributed by atoms with E-state index in [9.17, 15) is 9.59 Å². The van der Waals surface area contributed by atoms with E-state index in [-0.39, 0.29) is 11.8 Å². The van der Waals surface area contributed by atoms with Gasteiger partial charge in [-0.25, -0.2) is 5.48 Å². The molecule has 2 amide bonds. The molecule has 0 atom stereocenters. The second-order valence-corrected chi connectivity index (χ2v) is 4.32. The highest BCUT2D eigenvalue weighted by atomic mass is 16.5. The van der Waals surface area contributed by atoms with Crippen molar-refractivity contribution in [2.75, 3.05) is 6.54 Å². The summed E-state index contributed by atoms with van der Waals surface area (Å²) < 4.78 is 0. The number of hydrogen-bond donors (Lipinski definition) is 3. The molecule has 0 bridgehead atoms. The van der Waals surface area contributed by atoms with E-state index in [4.69, 9.17) is 5.21 Å². The van der Waals surface area contributed by atoms with E-state index in [1.54, 1.807) is 17.6 Å². The van der Waals surface area contributed by atoms with E-state index in [0.29, 0.717) is 18.5 Å². The van der Waals surface area contributed by atoms with Gasteiger partial charge in [-0.05, 0) is 25.0 Å². The van der Waals surface area contributed by atoms with Crippen molar-refractivity contribution in [2.45, 2.75) is 32.1 Å². The maximum absolute atomic E-state index is 11.7. The fourth-order valence-corrected chi connectivity index (χ4v) is 1.71. The third kappa shape index (κ3) is 6.57. The molecule has 5 nitrogen and oxygen atoms in total. The zero-order valence-electron chi connectivity index (χ0n) is 10.9. The summed E-state index contributed by atoms with van der Waals surface area (Å²) in [7, 11) is 0. The first-order valence-electron chi connectivity index (χ1n) is 6.50. The third-order valence-electron chi connectivity index (χ3n) is 2.78. The average Bonchev–Trinajstić information content (AvgIpc) is 2.46. The number of nitrogens with one attached hydrogen (secondary N) is 2. The van der Waals surface area contributed by atoms with Crippen LogP contribution in [0.1, 0.15) is 42.5 Å². The topological polar surface area (TPSA) is 78.4 Å². The number of unbranched alkanes of at least 4 members (excludes halogenated alkanes) is 3. The Morgan fingerprint density at radius 2 is 1.68 bits per heavy atom. The number of benzene rings is 1. The van der Waals surface area contributed by atoms with Crippen molar-refractivity contribution in [1.29, 1.82) is 0 Å². The van der Waals surface area contributed by atoms with Crippen molar-refractivity contribution >= 4 is 11.8 Å². The average molecular weight is 264 g/mol. The van der Waals surface area contributed by atoms with Crippen LogP contribution in [0.5, 0.6) is 0 Å². The first-order valence-corrected chi connectivity index (χ1v) is 6.50. The molecule has 104 valence electrons. The van der Waals surface area contributed by atoms with Crippen LogP contribution in [0, 0.1) is 0 Å². The Bertz CT molecular complexity index is 393. The van der Waals surface area contributed by atoms with E-state index in [0.717, 1.165) is 25.7 Å². The maximum Gasteiger partial charge on any atom is 0.251 e. The summed E-state index contributed by atoms with van der Waals surface area (Å²) in [5, 5.41) is 11.1. The standard InChI is InChI=1S/C14H20N2O3/c17-13(16-19)10-6-1-2-7-11-15-14(18)12-8-4-3-5-9-12/h3-5,8-9,19H,1-2,6-7,10-11H2,(H,15,18)(H,16,17). The highest BCUT2D eigenvalue weighted by Gasteiger charge is 2.03. The smallest absolute Gasteiger partial charge is 0.251 e. The first-order chi connectivity index (χ1) is 9.24. The second-order valence-electron chi connectivity index (χ2n) is 4.32. The molecule has 0 unspecified atom stereocenters. The molecule has 1 aromatic carbocycles. The van der Waals surface area contributed by atoms with Crippen molar-refractivity contribution < 1.29 is 14.8 Å². The van der Waals surface area contributed by atoms with Gasteiger partial charge in [0.15, 0.2) is 0 Å². The van der Waals surface area contributed by atoms with Gasteiger partial charge < -0.3 is 5.32 Å². The number of hydrogen-bond acceptors (Lipinski definition) is 3. The Hall–Kier alpha value is -1.88. The van der Waals surface area contributed by atoms with Gasteiger partial charge in [0.1, 0.15) is 0 Å². The molecule has 0 aromatic heterocycles. The van der Waals surface area contributed by atoms with Crippen molar-refractivity contribution in [3.63, 3.8) is 0 Å². The maximum atomic E-state index is 11.7. The molecule has 0 radical (unpaired) electrons. The van der Waals surface area contributed by atoms with E-state index in [1.807, 2.05) is 18.2 Å². The fourth-order valence-electron chi connectivity index (χ4n) is 1.71. The van der Waals surface area contributed by atoms with Crippen molar-refractivity contribution in [2.24, 2.45) is 0 Å². The number of rotatable bonds is 8. The minimum Gasteiger partial charge on any atom is -0.352 e. The Balaban J connectivity index is 2.02. The van der Waals surface area contributed by atoms with Gasteiger partial charge in [0, 0.05) is 18.5 Å². The van der Waals surface area contributed by atoms with Gasteiger partial charge in [0.25, 0.3) is 5.91 Å². The van der Waals surface area contributed by atoms with Gasteiger partial charge in [-0.2, -0.15) is 0 Å². The van der Waals surface area contributed by atoms with Crippen molar-refractivity contribution in [3.8, 4) is 0 Å². The lowest BCUT2D eigenvalue weighted by Crippen LogP contribution is -2.24. The number of hydroxylamine groups is 1. The molecule has 0 spiro atoms. The summed E-state index contributed by atoms with van der Waals surface area (Å²) in [6, 6.07) is 9.10. The van der Waals surface area contributed by atoms with Crippen LogP contribution >= 0.6 is 0 Å². The summed E-state index contributed by atoms with van der Waals surface area (Å²) >= 11 is 0. The highest BCUT2D eigenvalue weighted by Crippen LogP contribution is 2.03. The summed E-state index contributed by atoms with van der Waals surface area (Å²) in [5.41, 5.74) is 2.27. The van der Waals surface area contributed by atoms with E-state index in [1.165, 1.54) is 0 Å². The summed E-state index contributed by atoms with van der Waals surface area (Å²) in [5.74, 6) is -0.405. The molecule has 5 heteroatoms. The van der Waals surface area contributed by atoms with Gasteiger partial charge >= 0.3 is 0 Å². The van der Waals surface area contributed by atoms with Crippen LogP contribution in [-0.4, -0.2) is 23.6 Å². The Morgan fingerprint density at radius 1 is 1.00 bits per heavy atom. The number of carbonyl (C=O) groups is 2. The number of carbonyl (C=O) groups excluding carboxylic acids is 2. The van der Waals surface area contributed by atoms with Crippen LogP contribution in [0.2, 0.25) is 0 Å². The normalized spacial score (nSPS) is 9.95. The SMILES string of the molecule is O=C(CCCCCCNC(=O)c1ccccc1)NO. The molecule has 1 rings (SSSR count). The molecular weight excluding hydrogens is 244 g/mol. The lowest BCUT2D eigenvalue weighted by molar-refractivity contribution is -0.129. The van der Waals surface area contributed by atoms with Gasteiger partial charge in [0.2, 0.25) is 5.91 Å². The Labute approximate surface area is 113 Å². The molecule has 0 aliphatic heterocycles. The fraction of sp³-hybridized carbons (Fsp3) is 0.429. The van der Waals surface area contributed by atoms with E-state index >= 15 is 0 Å². The van der Waals surface area contributed by atoms with Crippen LogP contribution in [0.25, 0.3) is 0 Å². The number of amides is 2. The Kier molecular flexibility index (Phi) is 7.27. The largest absolute Gasteiger partial charge is 0.352 e. The summed E-state index contributed by atoms with van der Waals surface area (Å²) in [6.07, 6.45) is 3.84. The van der Waals surface area contributed by atoms with Crippen LogP contribution in [0.15, 0.2) is 30.3 Å². The Morgan fingerprint density at radius 3 is 2.37 bits per heavy atom. The predicted molar refractivity (Wildman–Crippen MR) is 71.8 cm³/mol. The molecule has 1 aromatic rings. The molecule has 19 heavy (non-hydrogen) atoms. The molecule has 0 aliphatic carbocycles. The van der Waals surface area contributed by atoms with Crippen LogP contribution < -0.4 is 10.8 Å². The molecule has 0 heterocycles. The quantitative estimate of drug-likeness (QED) is 0.381. The highest BCUT2D eigenvalue weighted by molar-refractivity contribution is 5.94. The van der Waals surface area contributed by atoms with Gasteiger partial charge in [0.05, 0.1) is 0 Å². The van der Waals surface area contributed by atoms with Crippen molar-refractivity contribution in [3.05, 3.63) is 35.9 Å². The van der Waals surface area contributed by atoms with E-state index in [2.05, 4.69) is 5.32 Å². The lowest BCUT2D eigenvalue weighted by atomic mass is 10.1. The molecular formula is C14H20N2O3. The summed E-state index contributed by atoms with van der Waals surface area (Å²) in [6.45, 7) is 0.639. The minimum absolute atomic E-state index is 0.0553. The molecule has 3 N–H and O–H groups in total. The van der Waals surface area contributed by atoms with Gasteiger partial charge in [-0.1, -0.05) is 31.0 Å². The van der Waals surface area contributed by atoms with Crippen molar-refractivity contribution in [1.82, 2.24) is 10.8 Å². The first kappa shape index (κ1) is 15.2. The van der Waals surface area contributed by atoms with Crippen LogP contribution in [0.3, 0.4) is 0 Å². The summed E-state index contributed by atoms with van der Waals surface area (Å²) in [4.78, 5) is 22.4. The molecule has 0 saturated carbocycles. The predicted octanol–water partition coefficient (Wildman–Crippen LogP) is 1.87.